The maximum absolute atomic E-state index is 10.2. The Bertz CT molecular complexity index is 947. The van der Waals surface area contributed by atoms with Gasteiger partial charge < -0.3 is 29.9 Å². The molecule has 2 aromatic carbocycles. The molecule has 0 aliphatic carbocycles. The lowest BCUT2D eigenvalue weighted by atomic mass is 9.99. The normalized spacial score (nSPS) is 27.8. The van der Waals surface area contributed by atoms with Gasteiger partial charge in [0, 0.05) is 4.47 Å². The number of rotatable bonds is 4. The quantitative estimate of drug-likeness (QED) is 0.463. The predicted octanol–water partition coefficient (Wildman–Crippen LogP) is 1.90. The Morgan fingerprint density at radius 2 is 1.86 bits per heavy atom. The van der Waals surface area contributed by atoms with E-state index in [2.05, 4.69) is 20.9 Å². The van der Waals surface area contributed by atoms with Crippen molar-refractivity contribution in [2.45, 2.75) is 30.7 Å². The average molecular weight is 468 g/mol. The van der Waals surface area contributed by atoms with E-state index < -0.39 is 37.3 Å². The van der Waals surface area contributed by atoms with Crippen LogP contribution < -0.4 is 4.74 Å². The minimum Gasteiger partial charge on any atom is -0.461 e. The molecule has 4 rings (SSSR count). The van der Waals surface area contributed by atoms with E-state index in [1.54, 1.807) is 12.1 Å². The number of thiazole rings is 1. The first-order valence-electron chi connectivity index (χ1n) is 8.60. The highest BCUT2D eigenvalue weighted by Gasteiger charge is 2.44. The molecule has 148 valence electrons. The summed E-state index contributed by atoms with van der Waals surface area (Å²) in [7, 11) is 0. The number of fused-ring (bicyclic) bond motifs is 1. The van der Waals surface area contributed by atoms with E-state index in [0.717, 1.165) is 19.7 Å². The van der Waals surface area contributed by atoms with Gasteiger partial charge in [-0.2, -0.15) is 0 Å². The molecule has 0 saturated carbocycles. The fourth-order valence-electron chi connectivity index (χ4n) is 3.05. The molecule has 1 saturated heterocycles. The first-order chi connectivity index (χ1) is 13.5. The Labute approximate surface area is 172 Å². The molecule has 3 aromatic rings. The summed E-state index contributed by atoms with van der Waals surface area (Å²) >= 11 is 4.94. The molecule has 0 radical (unpaired) electrons. The number of hydrogen-bond acceptors (Lipinski definition) is 8. The van der Waals surface area contributed by atoms with E-state index in [0.29, 0.717) is 11.3 Å². The van der Waals surface area contributed by atoms with Crippen molar-refractivity contribution in [1.29, 1.82) is 0 Å². The molecule has 1 aliphatic heterocycles. The first kappa shape index (κ1) is 19.7. The van der Waals surface area contributed by atoms with Crippen LogP contribution in [0, 0.1) is 0 Å². The van der Waals surface area contributed by atoms with Crippen LogP contribution >= 0.6 is 27.3 Å². The smallest absolute Gasteiger partial charge is 0.229 e. The van der Waals surface area contributed by atoms with E-state index in [9.17, 15) is 20.4 Å². The third-order valence-corrected chi connectivity index (χ3v) is 6.12. The third kappa shape index (κ3) is 3.67. The second-order valence-corrected chi connectivity index (χ2v) is 8.39. The highest BCUT2D eigenvalue weighted by atomic mass is 79.9. The molecule has 9 heteroatoms. The Hall–Kier alpha value is -1.59. The van der Waals surface area contributed by atoms with E-state index in [4.69, 9.17) is 9.47 Å². The summed E-state index contributed by atoms with van der Waals surface area (Å²) in [4.78, 5) is 4.64. The van der Waals surface area contributed by atoms with Gasteiger partial charge in [-0.3, -0.25) is 0 Å². The van der Waals surface area contributed by atoms with Gasteiger partial charge in [0.2, 0.25) is 6.29 Å². The number of aliphatic hydroxyl groups excluding tert-OH is 4. The molecular formula is C19H18BrNO6S. The molecule has 0 spiro atoms. The molecule has 2 heterocycles. The van der Waals surface area contributed by atoms with Crippen molar-refractivity contribution in [2.24, 2.45) is 0 Å². The number of para-hydroxylation sites is 1. The summed E-state index contributed by atoms with van der Waals surface area (Å²) in [6, 6.07) is 13.1. The first-order valence-corrected chi connectivity index (χ1v) is 10.2. The molecule has 28 heavy (non-hydrogen) atoms. The van der Waals surface area contributed by atoms with Gasteiger partial charge in [-0.1, -0.05) is 28.1 Å². The van der Waals surface area contributed by atoms with E-state index in [-0.39, 0.29) is 0 Å². The van der Waals surface area contributed by atoms with Crippen LogP contribution in [-0.2, 0) is 4.74 Å². The predicted molar refractivity (Wildman–Crippen MR) is 107 cm³/mol. The summed E-state index contributed by atoms with van der Waals surface area (Å²) in [5.41, 5.74) is 1.55. The van der Waals surface area contributed by atoms with Crippen molar-refractivity contribution >= 4 is 37.5 Å². The Morgan fingerprint density at radius 1 is 1.07 bits per heavy atom. The maximum Gasteiger partial charge on any atom is 0.229 e. The summed E-state index contributed by atoms with van der Waals surface area (Å²) in [6.45, 7) is -0.518. The third-order valence-electron chi connectivity index (χ3n) is 4.56. The van der Waals surface area contributed by atoms with Gasteiger partial charge in [-0.25, -0.2) is 4.98 Å². The summed E-state index contributed by atoms with van der Waals surface area (Å²) < 4.78 is 13.1. The van der Waals surface area contributed by atoms with E-state index in [1.165, 1.54) is 11.3 Å². The maximum atomic E-state index is 10.2. The fourth-order valence-corrected chi connectivity index (χ4v) is 4.40. The number of nitrogens with zero attached hydrogens (tertiary/aromatic N) is 1. The zero-order chi connectivity index (χ0) is 19.8. The van der Waals surface area contributed by atoms with Gasteiger partial charge in [0.05, 0.1) is 22.4 Å². The molecule has 1 aromatic heterocycles. The van der Waals surface area contributed by atoms with Crippen LogP contribution in [0.25, 0.3) is 20.8 Å². The van der Waals surface area contributed by atoms with Gasteiger partial charge in [0.1, 0.15) is 35.2 Å². The van der Waals surface area contributed by atoms with Gasteiger partial charge in [-0.15, -0.1) is 11.3 Å². The van der Waals surface area contributed by atoms with Crippen molar-refractivity contribution in [3.63, 3.8) is 0 Å². The summed E-state index contributed by atoms with van der Waals surface area (Å²) in [6.07, 6.45) is -6.72. The molecule has 5 atom stereocenters. The number of ether oxygens (including phenoxy) is 2. The average Bonchev–Trinajstić information content (AvgIpc) is 3.13. The molecule has 1 aliphatic rings. The van der Waals surface area contributed by atoms with Gasteiger partial charge in [0.25, 0.3) is 0 Å². The number of benzene rings is 2. The second-order valence-electron chi connectivity index (χ2n) is 6.44. The van der Waals surface area contributed by atoms with Crippen molar-refractivity contribution in [2.75, 3.05) is 6.61 Å². The van der Waals surface area contributed by atoms with Crippen molar-refractivity contribution in [1.82, 2.24) is 4.98 Å². The van der Waals surface area contributed by atoms with Crippen LogP contribution in [0.5, 0.6) is 5.75 Å². The van der Waals surface area contributed by atoms with Crippen LogP contribution in [0.2, 0.25) is 0 Å². The van der Waals surface area contributed by atoms with Crippen LogP contribution in [0.4, 0.5) is 0 Å². The van der Waals surface area contributed by atoms with E-state index >= 15 is 0 Å². The number of aromatic nitrogens is 1. The van der Waals surface area contributed by atoms with Crippen LogP contribution in [0.1, 0.15) is 0 Å². The standard InChI is InChI=1S/C19H18BrNO6S/c20-9-5-6-12(26-19-17(25)16(24)15(23)13(8-22)27-19)10(7-9)18-21-11-3-1-2-4-14(11)28-18/h1-7,13,15-17,19,22-25H,8H2/t13-,15-,16+,17-,19-/m1/s1. The molecular weight excluding hydrogens is 450 g/mol. The summed E-state index contributed by atoms with van der Waals surface area (Å²) in [5.74, 6) is 0.395. The second kappa shape index (κ2) is 8.03. The molecule has 7 nitrogen and oxygen atoms in total. The highest BCUT2D eigenvalue weighted by Crippen LogP contribution is 2.38. The Kier molecular flexibility index (Phi) is 5.66. The van der Waals surface area contributed by atoms with Crippen LogP contribution in [0.15, 0.2) is 46.9 Å². The molecule has 4 N–H and O–H groups in total. The minimum atomic E-state index is -1.50. The van der Waals surface area contributed by atoms with E-state index in [1.807, 2.05) is 30.3 Å². The Morgan fingerprint density at radius 3 is 2.61 bits per heavy atom. The fraction of sp³-hybridized carbons (Fsp3) is 0.316. The lowest BCUT2D eigenvalue weighted by Crippen LogP contribution is -2.60. The topological polar surface area (TPSA) is 112 Å². The van der Waals surface area contributed by atoms with Crippen LogP contribution in [-0.4, -0.2) is 62.7 Å². The summed E-state index contributed by atoms with van der Waals surface area (Å²) in [5, 5.41) is 40.2. The Balaban J connectivity index is 1.69. The highest BCUT2D eigenvalue weighted by molar-refractivity contribution is 9.10. The zero-order valence-electron chi connectivity index (χ0n) is 14.5. The van der Waals surface area contributed by atoms with Gasteiger partial charge in [-0.05, 0) is 30.3 Å². The van der Waals surface area contributed by atoms with Crippen LogP contribution in [0.3, 0.4) is 0 Å². The van der Waals surface area contributed by atoms with Gasteiger partial charge in [0.15, 0.2) is 0 Å². The largest absolute Gasteiger partial charge is 0.461 e. The number of aliphatic hydroxyl groups is 4. The minimum absolute atomic E-state index is 0.395. The monoisotopic (exact) mass is 467 g/mol. The zero-order valence-corrected chi connectivity index (χ0v) is 16.9. The van der Waals surface area contributed by atoms with Crippen molar-refractivity contribution < 1.29 is 29.9 Å². The number of halogens is 1. The van der Waals surface area contributed by atoms with Crippen molar-refractivity contribution in [3.8, 4) is 16.3 Å². The molecule has 0 amide bonds. The SMILES string of the molecule is OC[C@H]1O[C@@H](Oc2ccc(Br)cc2-c2nc3ccccc3s2)[C@H](O)[C@@H](O)[C@@H]1O. The number of hydrogen-bond donors (Lipinski definition) is 4. The molecule has 0 bridgehead atoms. The molecule has 0 unspecified atom stereocenters. The lowest BCUT2D eigenvalue weighted by molar-refractivity contribution is -0.277. The lowest BCUT2D eigenvalue weighted by Gasteiger charge is -2.39. The molecule has 1 fully saturated rings. The van der Waals surface area contributed by atoms with Crippen molar-refractivity contribution in [3.05, 3.63) is 46.9 Å². The van der Waals surface area contributed by atoms with Gasteiger partial charge >= 0.3 is 0 Å².